The fourth-order valence-electron chi connectivity index (χ4n) is 1.60. The fourth-order valence-corrected chi connectivity index (χ4v) is 2.73. The molecule has 0 radical (unpaired) electrons. The van der Waals surface area contributed by atoms with E-state index in [-0.39, 0.29) is 11.4 Å². The molecule has 0 spiro atoms. The van der Waals surface area contributed by atoms with Crippen molar-refractivity contribution in [1.29, 1.82) is 0 Å². The van der Waals surface area contributed by atoms with E-state index in [1.54, 1.807) is 12.1 Å². The number of sulfonamides is 1. The number of hydrogen-bond acceptors (Lipinski definition) is 4. The Morgan fingerprint density at radius 1 is 1.39 bits per heavy atom. The molecule has 5 nitrogen and oxygen atoms in total. The Labute approximate surface area is 108 Å². The van der Waals surface area contributed by atoms with Crippen LogP contribution in [0, 0.1) is 5.92 Å². The summed E-state index contributed by atoms with van der Waals surface area (Å²) in [6.07, 6.45) is -0.125. The highest BCUT2D eigenvalue weighted by atomic mass is 32.2. The first-order chi connectivity index (χ1) is 8.31. The van der Waals surface area contributed by atoms with Crippen LogP contribution in [0.4, 0.5) is 5.69 Å². The molecular formula is C12H20N2O3S. The van der Waals surface area contributed by atoms with Crippen molar-refractivity contribution in [2.24, 2.45) is 5.92 Å². The van der Waals surface area contributed by atoms with Crippen LogP contribution in [0.2, 0.25) is 0 Å². The topological polar surface area (TPSA) is 92.4 Å². The second kappa shape index (κ2) is 6.17. The van der Waals surface area contributed by atoms with Crippen molar-refractivity contribution in [3.63, 3.8) is 0 Å². The predicted molar refractivity (Wildman–Crippen MR) is 71.5 cm³/mol. The van der Waals surface area contributed by atoms with E-state index in [0.717, 1.165) is 0 Å². The van der Waals surface area contributed by atoms with Crippen molar-refractivity contribution < 1.29 is 13.5 Å². The monoisotopic (exact) mass is 272 g/mol. The fraction of sp³-hybridized carbons (Fsp3) is 0.500. The molecule has 0 fully saturated rings. The lowest BCUT2D eigenvalue weighted by Crippen LogP contribution is -2.32. The summed E-state index contributed by atoms with van der Waals surface area (Å²) in [6, 6.07) is 6.05. The van der Waals surface area contributed by atoms with Crippen LogP contribution in [0.1, 0.15) is 20.3 Å². The van der Waals surface area contributed by atoms with Gasteiger partial charge in [-0.15, -0.1) is 0 Å². The molecule has 0 aliphatic rings. The van der Waals surface area contributed by atoms with Crippen LogP contribution in [-0.4, -0.2) is 26.2 Å². The summed E-state index contributed by atoms with van der Waals surface area (Å²) in [7, 11) is -3.60. The van der Waals surface area contributed by atoms with E-state index in [9.17, 15) is 13.5 Å². The van der Waals surface area contributed by atoms with Crippen molar-refractivity contribution >= 4 is 15.7 Å². The molecule has 0 heterocycles. The maximum absolute atomic E-state index is 11.9. The molecular weight excluding hydrogens is 252 g/mol. The third-order valence-corrected chi connectivity index (χ3v) is 3.84. The molecule has 6 heteroatoms. The maximum Gasteiger partial charge on any atom is 0.240 e. The normalized spacial score (nSPS) is 13.8. The second-order valence-corrected chi connectivity index (χ2v) is 6.47. The van der Waals surface area contributed by atoms with Gasteiger partial charge in [0, 0.05) is 12.2 Å². The molecule has 1 aromatic rings. The molecule has 0 aliphatic heterocycles. The van der Waals surface area contributed by atoms with Gasteiger partial charge in [-0.2, -0.15) is 0 Å². The van der Waals surface area contributed by atoms with Gasteiger partial charge in [0.25, 0.3) is 0 Å². The molecule has 0 saturated heterocycles. The SMILES string of the molecule is CC(C)CC(O)CNS(=O)(=O)c1cccc(N)c1. The summed E-state index contributed by atoms with van der Waals surface area (Å²) in [5.41, 5.74) is 5.92. The van der Waals surface area contributed by atoms with Crippen LogP contribution in [0.3, 0.4) is 0 Å². The number of nitrogens with two attached hydrogens (primary N) is 1. The summed E-state index contributed by atoms with van der Waals surface area (Å²) in [5.74, 6) is 0.317. The van der Waals surface area contributed by atoms with Gasteiger partial charge in [-0.25, -0.2) is 13.1 Å². The highest BCUT2D eigenvalue weighted by molar-refractivity contribution is 7.89. The average Bonchev–Trinajstić information content (AvgIpc) is 2.26. The van der Waals surface area contributed by atoms with Gasteiger partial charge < -0.3 is 10.8 Å². The van der Waals surface area contributed by atoms with E-state index >= 15 is 0 Å². The summed E-state index contributed by atoms with van der Waals surface area (Å²) in [5, 5.41) is 9.63. The van der Waals surface area contributed by atoms with Gasteiger partial charge in [-0.05, 0) is 30.5 Å². The van der Waals surface area contributed by atoms with Crippen LogP contribution in [0.15, 0.2) is 29.2 Å². The maximum atomic E-state index is 11.9. The highest BCUT2D eigenvalue weighted by Gasteiger charge is 2.16. The largest absolute Gasteiger partial charge is 0.399 e. The number of nitrogens with one attached hydrogen (secondary N) is 1. The molecule has 1 aromatic carbocycles. The molecule has 1 unspecified atom stereocenters. The molecule has 1 rings (SSSR count). The molecule has 1 atom stereocenters. The zero-order chi connectivity index (χ0) is 13.8. The van der Waals surface area contributed by atoms with E-state index in [1.165, 1.54) is 12.1 Å². The lowest BCUT2D eigenvalue weighted by Gasteiger charge is -2.14. The molecule has 0 aliphatic carbocycles. The van der Waals surface area contributed by atoms with Gasteiger partial charge in [0.1, 0.15) is 0 Å². The smallest absolute Gasteiger partial charge is 0.240 e. The summed E-state index contributed by atoms with van der Waals surface area (Å²) < 4.78 is 26.2. The molecule has 0 bridgehead atoms. The molecule has 0 saturated carbocycles. The van der Waals surface area contributed by atoms with Gasteiger partial charge in [-0.1, -0.05) is 19.9 Å². The third-order valence-electron chi connectivity index (χ3n) is 2.42. The molecule has 0 amide bonds. The first kappa shape index (κ1) is 14.9. The zero-order valence-electron chi connectivity index (χ0n) is 10.6. The van der Waals surface area contributed by atoms with Crippen molar-refractivity contribution in [3.8, 4) is 0 Å². The molecule has 102 valence electrons. The van der Waals surface area contributed by atoms with E-state index in [4.69, 9.17) is 5.73 Å². The number of aliphatic hydroxyl groups is 1. The number of hydrogen-bond donors (Lipinski definition) is 3. The van der Waals surface area contributed by atoms with E-state index in [1.807, 2.05) is 13.8 Å². The first-order valence-corrected chi connectivity index (χ1v) is 7.33. The molecule has 0 aromatic heterocycles. The molecule has 4 N–H and O–H groups in total. The van der Waals surface area contributed by atoms with Crippen LogP contribution < -0.4 is 10.5 Å². The number of anilines is 1. The van der Waals surface area contributed by atoms with E-state index < -0.39 is 16.1 Å². The van der Waals surface area contributed by atoms with Gasteiger partial charge in [-0.3, -0.25) is 0 Å². The summed E-state index contributed by atoms with van der Waals surface area (Å²) in [4.78, 5) is 0.110. The Hall–Kier alpha value is -1.11. The van der Waals surface area contributed by atoms with E-state index in [2.05, 4.69) is 4.72 Å². The van der Waals surface area contributed by atoms with Gasteiger partial charge in [0.05, 0.1) is 11.0 Å². The first-order valence-electron chi connectivity index (χ1n) is 5.84. The van der Waals surface area contributed by atoms with Crippen molar-refractivity contribution in [1.82, 2.24) is 4.72 Å². The second-order valence-electron chi connectivity index (χ2n) is 4.71. The summed E-state index contributed by atoms with van der Waals surface area (Å²) in [6.45, 7) is 3.94. The van der Waals surface area contributed by atoms with Gasteiger partial charge in [0.15, 0.2) is 0 Å². The van der Waals surface area contributed by atoms with Gasteiger partial charge >= 0.3 is 0 Å². The van der Waals surface area contributed by atoms with Gasteiger partial charge in [0.2, 0.25) is 10.0 Å². The molecule has 18 heavy (non-hydrogen) atoms. The van der Waals surface area contributed by atoms with Crippen molar-refractivity contribution in [2.45, 2.75) is 31.3 Å². The van der Waals surface area contributed by atoms with Crippen LogP contribution >= 0.6 is 0 Å². The Kier molecular flexibility index (Phi) is 5.13. The predicted octanol–water partition coefficient (Wildman–Crippen LogP) is 0.954. The Morgan fingerprint density at radius 2 is 2.06 bits per heavy atom. The minimum Gasteiger partial charge on any atom is -0.399 e. The van der Waals surface area contributed by atoms with Crippen LogP contribution in [0.5, 0.6) is 0 Å². The number of benzene rings is 1. The Bertz CT molecular complexity index is 486. The zero-order valence-corrected chi connectivity index (χ0v) is 11.4. The number of nitrogen functional groups attached to an aromatic ring is 1. The number of aliphatic hydroxyl groups excluding tert-OH is 1. The minimum absolute atomic E-state index is 0.00924. The summed E-state index contributed by atoms with van der Waals surface area (Å²) >= 11 is 0. The lowest BCUT2D eigenvalue weighted by atomic mass is 10.1. The van der Waals surface area contributed by atoms with Crippen LogP contribution in [-0.2, 0) is 10.0 Å². The Morgan fingerprint density at radius 3 is 2.61 bits per heavy atom. The highest BCUT2D eigenvalue weighted by Crippen LogP contribution is 2.12. The minimum atomic E-state index is -3.60. The average molecular weight is 272 g/mol. The third kappa shape index (κ3) is 4.64. The quantitative estimate of drug-likeness (QED) is 0.672. The van der Waals surface area contributed by atoms with E-state index in [0.29, 0.717) is 18.0 Å². The standard InChI is InChI=1S/C12H20N2O3S/c1-9(2)6-11(15)8-14-18(16,17)12-5-3-4-10(13)7-12/h3-5,7,9,11,14-15H,6,8,13H2,1-2H3. The Balaban J connectivity index is 2.66. The van der Waals surface area contributed by atoms with Crippen molar-refractivity contribution in [2.75, 3.05) is 12.3 Å². The van der Waals surface area contributed by atoms with Crippen LogP contribution in [0.25, 0.3) is 0 Å². The number of rotatable bonds is 6. The lowest BCUT2D eigenvalue weighted by molar-refractivity contribution is 0.152. The van der Waals surface area contributed by atoms with Crippen molar-refractivity contribution in [3.05, 3.63) is 24.3 Å².